The maximum atomic E-state index is 13.2. The van der Waals surface area contributed by atoms with Gasteiger partial charge in [0.1, 0.15) is 0 Å². The Morgan fingerprint density at radius 1 is 1.12 bits per heavy atom. The Bertz CT molecular complexity index is 1230. The van der Waals surface area contributed by atoms with Gasteiger partial charge in [-0.2, -0.15) is 0 Å². The summed E-state index contributed by atoms with van der Waals surface area (Å²) in [6.07, 6.45) is -0.958. The number of amides is 2. The highest BCUT2D eigenvalue weighted by Gasteiger charge is 2.30. The first kappa shape index (κ1) is 24.0. The van der Waals surface area contributed by atoms with Crippen molar-refractivity contribution >= 4 is 34.5 Å². The van der Waals surface area contributed by atoms with Crippen molar-refractivity contribution in [3.05, 3.63) is 64.7 Å². The number of carboxylic acid groups (broad SMARTS) is 1. The van der Waals surface area contributed by atoms with Crippen LogP contribution in [0.1, 0.15) is 35.8 Å². The van der Waals surface area contributed by atoms with Gasteiger partial charge in [-0.25, -0.2) is 9.78 Å². The first-order valence-electron chi connectivity index (χ1n) is 11.3. The number of carbonyl (C=O) groups is 2. The Morgan fingerprint density at radius 3 is 2.44 bits per heavy atom. The van der Waals surface area contributed by atoms with Crippen LogP contribution in [0.15, 0.2) is 48.5 Å². The van der Waals surface area contributed by atoms with E-state index in [1.807, 2.05) is 31.2 Å². The second-order valence-corrected chi connectivity index (χ2v) is 9.47. The molecular formula is C26H29ClN4O3. The van der Waals surface area contributed by atoms with Gasteiger partial charge >= 0.3 is 6.09 Å². The summed E-state index contributed by atoms with van der Waals surface area (Å²) in [4.78, 5) is 34.5. The molecule has 2 atom stereocenters. The fourth-order valence-electron chi connectivity index (χ4n) is 4.31. The van der Waals surface area contributed by atoms with Gasteiger partial charge < -0.3 is 19.8 Å². The Kier molecular flexibility index (Phi) is 6.77. The average molecular weight is 481 g/mol. The van der Waals surface area contributed by atoms with Gasteiger partial charge in [0.2, 0.25) is 0 Å². The van der Waals surface area contributed by atoms with Crippen LogP contribution < -0.4 is 0 Å². The second kappa shape index (κ2) is 9.60. The van der Waals surface area contributed by atoms with Crippen LogP contribution in [0.3, 0.4) is 0 Å². The highest BCUT2D eigenvalue weighted by Crippen LogP contribution is 2.30. The van der Waals surface area contributed by atoms with E-state index in [1.54, 1.807) is 17.0 Å². The Labute approximate surface area is 204 Å². The van der Waals surface area contributed by atoms with E-state index in [0.29, 0.717) is 41.8 Å². The van der Waals surface area contributed by atoms with Gasteiger partial charge in [-0.1, -0.05) is 41.9 Å². The van der Waals surface area contributed by atoms with Crippen molar-refractivity contribution in [1.29, 1.82) is 0 Å². The number of piperazine rings is 1. The van der Waals surface area contributed by atoms with Gasteiger partial charge in [0.05, 0.1) is 16.2 Å². The molecule has 1 fully saturated rings. The van der Waals surface area contributed by atoms with E-state index in [0.717, 1.165) is 16.6 Å². The number of pyridine rings is 1. The summed E-state index contributed by atoms with van der Waals surface area (Å²) >= 11 is 6.58. The quantitative estimate of drug-likeness (QED) is 0.568. The number of benzene rings is 2. The number of hydrogen-bond donors (Lipinski definition) is 1. The number of halogens is 1. The zero-order chi connectivity index (χ0) is 24.6. The van der Waals surface area contributed by atoms with E-state index in [1.165, 1.54) is 10.5 Å². The third-order valence-corrected chi connectivity index (χ3v) is 6.94. The molecule has 8 heteroatoms. The predicted octanol–water partition coefficient (Wildman–Crippen LogP) is 5.00. The third kappa shape index (κ3) is 4.72. The Hall–Kier alpha value is -3.16. The Balaban J connectivity index is 1.61. The van der Waals surface area contributed by atoms with Crippen LogP contribution in [-0.4, -0.2) is 76.6 Å². The SMILES string of the molecule is CC(c1ccc(-c2cc(Cl)c3ccc(C(=O)N4CCN(C(=O)O)[C@H](C)C4)cc3n2)cc1)N(C)C. The molecule has 34 heavy (non-hydrogen) atoms. The number of carbonyl (C=O) groups excluding carboxylic acids is 1. The molecule has 178 valence electrons. The first-order valence-corrected chi connectivity index (χ1v) is 11.7. The second-order valence-electron chi connectivity index (χ2n) is 9.06. The standard InChI is InChI=1S/C26H29ClN4O3/c1-16-15-30(11-12-31(16)26(33)34)25(32)20-9-10-21-22(27)14-23(28-24(21)13-20)19-7-5-18(6-8-19)17(2)29(3)4/h5-10,13-14,16-17H,11-12,15H2,1-4H3,(H,33,34)/t16-,17?/m1/s1. The van der Waals surface area contributed by atoms with Crippen LogP contribution in [0.5, 0.6) is 0 Å². The largest absolute Gasteiger partial charge is 0.465 e. The van der Waals surface area contributed by atoms with Crippen LogP contribution in [0.25, 0.3) is 22.2 Å². The summed E-state index contributed by atoms with van der Waals surface area (Å²) in [6, 6.07) is 15.5. The van der Waals surface area contributed by atoms with E-state index in [9.17, 15) is 14.7 Å². The molecule has 0 bridgehead atoms. The first-order chi connectivity index (χ1) is 16.2. The normalized spacial score (nSPS) is 17.3. The molecule has 4 rings (SSSR count). The topological polar surface area (TPSA) is 77.0 Å². The molecule has 1 unspecified atom stereocenters. The monoisotopic (exact) mass is 480 g/mol. The lowest BCUT2D eigenvalue weighted by Crippen LogP contribution is -2.55. The molecule has 0 saturated carbocycles. The molecule has 1 saturated heterocycles. The van der Waals surface area contributed by atoms with E-state index >= 15 is 0 Å². The van der Waals surface area contributed by atoms with Gasteiger partial charge in [0, 0.05) is 48.2 Å². The number of hydrogen-bond acceptors (Lipinski definition) is 4. The van der Waals surface area contributed by atoms with E-state index in [2.05, 4.69) is 38.1 Å². The molecule has 2 aromatic carbocycles. The van der Waals surface area contributed by atoms with E-state index in [-0.39, 0.29) is 11.9 Å². The van der Waals surface area contributed by atoms with Crippen molar-refractivity contribution < 1.29 is 14.7 Å². The lowest BCUT2D eigenvalue weighted by Gasteiger charge is -2.38. The molecule has 7 nitrogen and oxygen atoms in total. The molecule has 1 aliphatic heterocycles. The molecule has 1 aliphatic rings. The van der Waals surface area contributed by atoms with Crippen LogP contribution >= 0.6 is 11.6 Å². The van der Waals surface area contributed by atoms with Gasteiger partial charge in [-0.05, 0) is 51.7 Å². The summed E-state index contributed by atoms with van der Waals surface area (Å²) in [5.74, 6) is -0.135. The number of rotatable bonds is 4. The van der Waals surface area contributed by atoms with Crippen molar-refractivity contribution in [2.75, 3.05) is 33.7 Å². The smallest absolute Gasteiger partial charge is 0.407 e. The molecule has 0 aliphatic carbocycles. The zero-order valence-corrected chi connectivity index (χ0v) is 20.6. The predicted molar refractivity (Wildman–Crippen MR) is 134 cm³/mol. The average Bonchev–Trinajstić information content (AvgIpc) is 2.82. The van der Waals surface area contributed by atoms with E-state index < -0.39 is 6.09 Å². The van der Waals surface area contributed by atoms with E-state index in [4.69, 9.17) is 16.6 Å². The lowest BCUT2D eigenvalue weighted by atomic mass is 10.0. The van der Waals surface area contributed by atoms with Crippen molar-refractivity contribution in [2.45, 2.75) is 25.9 Å². The van der Waals surface area contributed by atoms with Crippen LogP contribution in [0.4, 0.5) is 4.79 Å². The number of aromatic nitrogens is 1. The number of nitrogens with zero attached hydrogens (tertiary/aromatic N) is 4. The molecule has 0 radical (unpaired) electrons. The molecular weight excluding hydrogens is 452 g/mol. The van der Waals surface area contributed by atoms with Gasteiger partial charge in [0.25, 0.3) is 5.91 Å². The van der Waals surface area contributed by atoms with Crippen molar-refractivity contribution in [3.8, 4) is 11.3 Å². The van der Waals surface area contributed by atoms with Gasteiger partial charge in [0.15, 0.2) is 0 Å². The van der Waals surface area contributed by atoms with Gasteiger partial charge in [-0.15, -0.1) is 0 Å². The van der Waals surface area contributed by atoms with Crippen molar-refractivity contribution in [2.24, 2.45) is 0 Å². The fraction of sp³-hybridized carbons (Fsp3) is 0.346. The Morgan fingerprint density at radius 2 is 1.82 bits per heavy atom. The third-order valence-electron chi connectivity index (χ3n) is 6.63. The van der Waals surface area contributed by atoms with Crippen LogP contribution in [0, 0.1) is 0 Å². The summed E-state index contributed by atoms with van der Waals surface area (Å²) < 4.78 is 0. The molecule has 0 spiro atoms. The number of fused-ring (bicyclic) bond motifs is 1. The van der Waals surface area contributed by atoms with Crippen LogP contribution in [0.2, 0.25) is 5.02 Å². The molecule has 2 amide bonds. The minimum atomic E-state index is -0.958. The van der Waals surface area contributed by atoms with Gasteiger partial charge in [-0.3, -0.25) is 4.79 Å². The summed E-state index contributed by atoms with van der Waals surface area (Å²) in [6.45, 7) is 4.98. The lowest BCUT2D eigenvalue weighted by molar-refractivity contribution is 0.0507. The maximum absolute atomic E-state index is 13.2. The minimum Gasteiger partial charge on any atom is -0.465 e. The molecule has 3 aromatic rings. The zero-order valence-electron chi connectivity index (χ0n) is 19.8. The van der Waals surface area contributed by atoms with Crippen molar-refractivity contribution in [3.63, 3.8) is 0 Å². The molecule has 2 heterocycles. The summed E-state index contributed by atoms with van der Waals surface area (Å²) in [7, 11) is 4.10. The summed E-state index contributed by atoms with van der Waals surface area (Å²) in [5, 5.41) is 10.6. The van der Waals surface area contributed by atoms with Crippen LogP contribution in [-0.2, 0) is 0 Å². The molecule has 1 aromatic heterocycles. The maximum Gasteiger partial charge on any atom is 0.407 e. The molecule has 1 N–H and O–H groups in total. The fourth-order valence-corrected chi connectivity index (χ4v) is 4.57. The highest BCUT2D eigenvalue weighted by atomic mass is 35.5. The summed E-state index contributed by atoms with van der Waals surface area (Å²) in [5.41, 5.74) is 4.07. The minimum absolute atomic E-state index is 0.135. The highest BCUT2D eigenvalue weighted by molar-refractivity contribution is 6.35. The van der Waals surface area contributed by atoms with Crippen molar-refractivity contribution in [1.82, 2.24) is 19.7 Å².